The second-order valence-electron chi connectivity index (χ2n) is 5.44. The summed E-state index contributed by atoms with van der Waals surface area (Å²) in [4.78, 5) is 13.4. The van der Waals surface area contributed by atoms with Crippen LogP contribution in [0.3, 0.4) is 0 Å². The molecule has 1 aliphatic rings. The smallest absolute Gasteiger partial charge is 0.323 e. The number of nitrogens with zero attached hydrogens (tertiary/aromatic N) is 1. The highest BCUT2D eigenvalue weighted by molar-refractivity contribution is 5.77. The van der Waals surface area contributed by atoms with Gasteiger partial charge in [0.1, 0.15) is 5.54 Å². The SMILES string of the molecule is CCN(C(C)c1ccc2c(c1)OCO2)C(C)(C)C(=O)O. The van der Waals surface area contributed by atoms with Crippen LogP contribution in [0.25, 0.3) is 0 Å². The third-order valence-corrected chi connectivity index (χ3v) is 3.93. The second kappa shape index (κ2) is 5.32. The summed E-state index contributed by atoms with van der Waals surface area (Å²) in [6.07, 6.45) is 0. The highest BCUT2D eigenvalue weighted by Gasteiger charge is 2.37. The number of rotatable bonds is 5. The van der Waals surface area contributed by atoms with E-state index in [1.165, 1.54) is 0 Å². The van der Waals surface area contributed by atoms with Crippen LogP contribution in [0.5, 0.6) is 11.5 Å². The van der Waals surface area contributed by atoms with Gasteiger partial charge in [0.25, 0.3) is 0 Å². The minimum absolute atomic E-state index is 0.0272. The molecule has 0 bridgehead atoms. The van der Waals surface area contributed by atoms with Crippen LogP contribution in [0.15, 0.2) is 18.2 Å². The molecule has 1 aromatic rings. The molecular formula is C15H21NO4. The van der Waals surface area contributed by atoms with E-state index in [-0.39, 0.29) is 12.8 Å². The maximum atomic E-state index is 11.5. The first-order valence-corrected chi connectivity index (χ1v) is 6.77. The summed E-state index contributed by atoms with van der Waals surface area (Å²) < 4.78 is 10.7. The molecule has 1 aliphatic heterocycles. The van der Waals surface area contributed by atoms with Crippen LogP contribution < -0.4 is 9.47 Å². The molecule has 1 atom stereocenters. The molecule has 0 spiro atoms. The third kappa shape index (κ3) is 2.45. The van der Waals surface area contributed by atoms with Gasteiger partial charge in [-0.25, -0.2) is 0 Å². The Morgan fingerprint density at radius 3 is 2.65 bits per heavy atom. The molecule has 0 fully saturated rings. The quantitative estimate of drug-likeness (QED) is 0.898. The van der Waals surface area contributed by atoms with Crippen LogP contribution in [0, 0.1) is 0 Å². The molecule has 2 rings (SSSR count). The first-order valence-electron chi connectivity index (χ1n) is 6.77. The average molecular weight is 279 g/mol. The van der Waals surface area contributed by atoms with Crippen molar-refractivity contribution in [1.29, 1.82) is 0 Å². The molecule has 1 N–H and O–H groups in total. The van der Waals surface area contributed by atoms with Crippen molar-refractivity contribution in [3.8, 4) is 11.5 Å². The summed E-state index contributed by atoms with van der Waals surface area (Å²) in [6.45, 7) is 8.31. The van der Waals surface area contributed by atoms with Crippen LogP contribution in [-0.4, -0.2) is 34.9 Å². The van der Waals surface area contributed by atoms with E-state index >= 15 is 0 Å². The van der Waals surface area contributed by atoms with Crippen molar-refractivity contribution in [1.82, 2.24) is 4.90 Å². The van der Waals surface area contributed by atoms with E-state index in [0.29, 0.717) is 6.54 Å². The Labute approximate surface area is 119 Å². The van der Waals surface area contributed by atoms with Gasteiger partial charge in [0.05, 0.1) is 0 Å². The van der Waals surface area contributed by atoms with Crippen molar-refractivity contribution >= 4 is 5.97 Å². The van der Waals surface area contributed by atoms with Crippen molar-refractivity contribution in [2.24, 2.45) is 0 Å². The zero-order valence-corrected chi connectivity index (χ0v) is 12.3. The number of carboxylic acids is 1. The Bertz CT molecular complexity index is 513. The highest BCUT2D eigenvalue weighted by Crippen LogP contribution is 2.36. The Balaban J connectivity index is 2.29. The first-order chi connectivity index (χ1) is 9.37. The molecule has 0 saturated heterocycles. The Kier molecular flexibility index (Phi) is 3.90. The van der Waals surface area contributed by atoms with Crippen molar-refractivity contribution in [3.63, 3.8) is 0 Å². The number of likely N-dealkylation sites (N-methyl/N-ethyl adjacent to an activating group) is 1. The Morgan fingerprint density at radius 2 is 2.05 bits per heavy atom. The van der Waals surface area contributed by atoms with E-state index < -0.39 is 11.5 Å². The number of fused-ring (bicyclic) bond motifs is 1. The first kappa shape index (κ1) is 14.7. The summed E-state index contributed by atoms with van der Waals surface area (Å²) in [5.74, 6) is 0.631. The molecule has 5 heteroatoms. The maximum absolute atomic E-state index is 11.5. The minimum Gasteiger partial charge on any atom is -0.480 e. The van der Waals surface area contributed by atoms with Crippen LogP contribution >= 0.6 is 0 Å². The van der Waals surface area contributed by atoms with Crippen LogP contribution in [0.1, 0.15) is 39.3 Å². The molecule has 0 saturated carbocycles. The Hall–Kier alpha value is -1.75. The predicted molar refractivity (Wildman–Crippen MR) is 75.1 cm³/mol. The lowest BCUT2D eigenvalue weighted by molar-refractivity contribution is -0.150. The van der Waals surface area contributed by atoms with Gasteiger partial charge < -0.3 is 14.6 Å². The third-order valence-electron chi connectivity index (χ3n) is 3.93. The predicted octanol–water partition coefficient (Wildman–Crippen LogP) is 2.66. The summed E-state index contributed by atoms with van der Waals surface area (Å²) in [5.41, 5.74) is 0.0929. The van der Waals surface area contributed by atoms with Gasteiger partial charge in [-0.1, -0.05) is 13.0 Å². The molecule has 1 aromatic carbocycles. The minimum atomic E-state index is -0.926. The van der Waals surface area contributed by atoms with E-state index in [2.05, 4.69) is 0 Å². The number of carbonyl (C=O) groups is 1. The number of aliphatic carboxylic acids is 1. The number of carboxylic acid groups (broad SMARTS) is 1. The lowest BCUT2D eigenvalue weighted by Crippen LogP contribution is -2.50. The zero-order chi connectivity index (χ0) is 14.9. The van der Waals surface area contributed by atoms with Crippen molar-refractivity contribution in [2.45, 2.75) is 39.3 Å². The lowest BCUT2D eigenvalue weighted by Gasteiger charge is -2.39. The molecule has 110 valence electrons. The van der Waals surface area contributed by atoms with Gasteiger partial charge in [-0.15, -0.1) is 0 Å². The van der Waals surface area contributed by atoms with Gasteiger partial charge in [-0.05, 0) is 45.0 Å². The zero-order valence-electron chi connectivity index (χ0n) is 12.3. The highest BCUT2D eigenvalue weighted by atomic mass is 16.7. The molecule has 1 heterocycles. The number of hydrogen-bond donors (Lipinski definition) is 1. The van der Waals surface area contributed by atoms with Crippen LogP contribution in [0.2, 0.25) is 0 Å². The van der Waals surface area contributed by atoms with E-state index in [0.717, 1.165) is 17.1 Å². The lowest BCUT2D eigenvalue weighted by atomic mass is 9.97. The van der Waals surface area contributed by atoms with E-state index in [9.17, 15) is 9.90 Å². The van der Waals surface area contributed by atoms with Gasteiger partial charge in [-0.3, -0.25) is 9.69 Å². The molecule has 0 amide bonds. The molecular weight excluding hydrogens is 258 g/mol. The van der Waals surface area contributed by atoms with Crippen LogP contribution in [0.4, 0.5) is 0 Å². The van der Waals surface area contributed by atoms with E-state index in [1.54, 1.807) is 13.8 Å². The normalized spacial score (nSPS) is 15.4. The fourth-order valence-corrected chi connectivity index (χ4v) is 2.63. The molecule has 20 heavy (non-hydrogen) atoms. The van der Waals surface area contributed by atoms with Gasteiger partial charge >= 0.3 is 5.97 Å². The van der Waals surface area contributed by atoms with Crippen LogP contribution in [-0.2, 0) is 4.79 Å². The van der Waals surface area contributed by atoms with Gasteiger partial charge in [0, 0.05) is 6.04 Å². The summed E-state index contributed by atoms with van der Waals surface area (Å²) in [5, 5.41) is 9.41. The summed E-state index contributed by atoms with van der Waals surface area (Å²) in [6, 6.07) is 5.72. The molecule has 0 aliphatic carbocycles. The average Bonchev–Trinajstić information content (AvgIpc) is 2.85. The molecule has 1 unspecified atom stereocenters. The van der Waals surface area contributed by atoms with Crippen molar-refractivity contribution < 1.29 is 19.4 Å². The fourth-order valence-electron chi connectivity index (χ4n) is 2.63. The van der Waals surface area contributed by atoms with E-state index in [4.69, 9.17) is 9.47 Å². The standard InChI is InChI=1S/C15H21NO4/c1-5-16(15(3,4)14(17)18)10(2)11-6-7-12-13(8-11)20-9-19-12/h6-8,10H,5,9H2,1-4H3,(H,17,18). The van der Waals surface area contributed by atoms with E-state index in [1.807, 2.05) is 36.9 Å². The summed E-state index contributed by atoms with van der Waals surface area (Å²) >= 11 is 0. The van der Waals surface area contributed by atoms with Gasteiger partial charge in [-0.2, -0.15) is 0 Å². The number of hydrogen-bond acceptors (Lipinski definition) is 4. The topological polar surface area (TPSA) is 59.0 Å². The summed E-state index contributed by atoms with van der Waals surface area (Å²) in [7, 11) is 0. The maximum Gasteiger partial charge on any atom is 0.323 e. The van der Waals surface area contributed by atoms with Crippen molar-refractivity contribution in [2.75, 3.05) is 13.3 Å². The molecule has 0 radical (unpaired) electrons. The van der Waals surface area contributed by atoms with Gasteiger partial charge in [0.2, 0.25) is 6.79 Å². The molecule has 5 nitrogen and oxygen atoms in total. The molecule has 0 aromatic heterocycles. The fraction of sp³-hybridized carbons (Fsp3) is 0.533. The largest absolute Gasteiger partial charge is 0.480 e. The monoisotopic (exact) mass is 279 g/mol. The number of benzene rings is 1. The number of ether oxygens (including phenoxy) is 2. The Morgan fingerprint density at radius 1 is 1.40 bits per heavy atom. The van der Waals surface area contributed by atoms with Gasteiger partial charge in [0.15, 0.2) is 11.5 Å². The second-order valence-corrected chi connectivity index (χ2v) is 5.44. The van der Waals surface area contributed by atoms with Crippen molar-refractivity contribution in [3.05, 3.63) is 23.8 Å².